The van der Waals surface area contributed by atoms with Gasteiger partial charge in [-0.3, -0.25) is 9.48 Å². The fraction of sp³-hybridized carbons (Fsp3) is 0.286. The van der Waals surface area contributed by atoms with E-state index in [2.05, 4.69) is 26.3 Å². The quantitative estimate of drug-likeness (QED) is 0.883. The van der Waals surface area contributed by atoms with Gasteiger partial charge >= 0.3 is 0 Å². The van der Waals surface area contributed by atoms with E-state index in [1.165, 1.54) is 0 Å². The van der Waals surface area contributed by atoms with Crippen LogP contribution < -0.4 is 5.32 Å². The fourth-order valence-corrected chi connectivity index (χ4v) is 2.75. The monoisotopic (exact) mass is 355 g/mol. The van der Waals surface area contributed by atoms with E-state index in [1.54, 1.807) is 10.7 Å². The van der Waals surface area contributed by atoms with Gasteiger partial charge in [-0.25, -0.2) is 0 Å². The lowest BCUT2D eigenvalue weighted by atomic mass is 10.1. The third kappa shape index (κ3) is 2.74. The third-order valence-corrected chi connectivity index (χ3v) is 4.30. The summed E-state index contributed by atoms with van der Waals surface area (Å²) >= 11 is 9.52. The second kappa shape index (κ2) is 5.58. The Kier molecular flexibility index (Phi) is 4.20. The van der Waals surface area contributed by atoms with Crippen LogP contribution in [0.15, 0.2) is 16.6 Å². The molecule has 0 spiro atoms. The Bertz CT molecular complexity index is 694. The van der Waals surface area contributed by atoms with E-state index in [4.69, 9.17) is 11.6 Å². The maximum absolute atomic E-state index is 12.4. The smallest absolute Gasteiger partial charge is 0.259 e. The van der Waals surface area contributed by atoms with E-state index in [1.807, 2.05) is 33.9 Å². The summed E-state index contributed by atoms with van der Waals surface area (Å²) in [6.45, 7) is 5.60. The summed E-state index contributed by atoms with van der Waals surface area (Å²) in [6, 6.07) is 3.61. The minimum atomic E-state index is -0.186. The molecule has 2 aromatic rings. The van der Waals surface area contributed by atoms with E-state index in [0.717, 1.165) is 15.7 Å². The first-order valence-electron chi connectivity index (χ1n) is 6.08. The first-order valence-corrected chi connectivity index (χ1v) is 7.25. The summed E-state index contributed by atoms with van der Waals surface area (Å²) in [4.78, 5) is 12.4. The van der Waals surface area contributed by atoms with Crippen molar-refractivity contribution in [3.05, 3.63) is 44.1 Å². The van der Waals surface area contributed by atoms with Crippen LogP contribution >= 0.6 is 27.5 Å². The van der Waals surface area contributed by atoms with Crippen LogP contribution in [0.5, 0.6) is 0 Å². The van der Waals surface area contributed by atoms with Gasteiger partial charge in [-0.1, -0.05) is 11.6 Å². The third-order valence-electron chi connectivity index (χ3n) is 3.23. The highest BCUT2D eigenvalue weighted by Gasteiger charge is 2.18. The maximum atomic E-state index is 12.4. The van der Waals surface area contributed by atoms with Gasteiger partial charge in [0.25, 0.3) is 5.91 Å². The molecule has 0 aliphatic heterocycles. The van der Waals surface area contributed by atoms with E-state index in [-0.39, 0.29) is 5.91 Å². The molecule has 0 atom stereocenters. The zero-order valence-corrected chi connectivity index (χ0v) is 14.1. The van der Waals surface area contributed by atoms with Crippen molar-refractivity contribution in [3.63, 3.8) is 0 Å². The summed E-state index contributed by atoms with van der Waals surface area (Å²) < 4.78 is 2.49. The highest BCUT2D eigenvalue weighted by atomic mass is 79.9. The number of hydrogen-bond donors (Lipinski definition) is 1. The molecular weight excluding hydrogens is 342 g/mol. The van der Waals surface area contributed by atoms with Gasteiger partial charge in [-0.15, -0.1) is 0 Å². The SMILES string of the molecule is Cc1cc(Br)c(NC(=O)c2c(C)nn(C)c2C)cc1Cl. The predicted octanol–water partition coefficient (Wildman–Crippen LogP) is 4.01. The van der Waals surface area contributed by atoms with E-state index in [0.29, 0.717) is 22.0 Å². The van der Waals surface area contributed by atoms with Crippen molar-refractivity contribution in [2.45, 2.75) is 20.8 Å². The van der Waals surface area contributed by atoms with Gasteiger partial charge in [-0.05, 0) is 54.4 Å². The van der Waals surface area contributed by atoms with Crippen LogP contribution in [0.25, 0.3) is 0 Å². The Morgan fingerprint density at radius 3 is 2.55 bits per heavy atom. The second-order valence-corrected chi connectivity index (χ2v) is 5.97. The Morgan fingerprint density at radius 1 is 1.35 bits per heavy atom. The molecule has 1 aromatic heterocycles. The highest BCUT2D eigenvalue weighted by Crippen LogP contribution is 2.29. The average molecular weight is 357 g/mol. The van der Waals surface area contributed by atoms with Gasteiger partial charge in [0.1, 0.15) is 0 Å². The van der Waals surface area contributed by atoms with Gasteiger partial charge in [0, 0.05) is 22.2 Å². The van der Waals surface area contributed by atoms with Crippen molar-refractivity contribution in [1.29, 1.82) is 0 Å². The number of aromatic nitrogens is 2. The Balaban J connectivity index is 2.35. The van der Waals surface area contributed by atoms with Crippen LogP contribution in [0.3, 0.4) is 0 Å². The molecule has 0 saturated heterocycles. The molecule has 0 radical (unpaired) electrons. The van der Waals surface area contributed by atoms with Gasteiger partial charge in [0.15, 0.2) is 0 Å². The summed E-state index contributed by atoms with van der Waals surface area (Å²) in [6.07, 6.45) is 0. The number of benzene rings is 1. The lowest BCUT2D eigenvalue weighted by Gasteiger charge is -2.10. The van der Waals surface area contributed by atoms with E-state index < -0.39 is 0 Å². The molecular formula is C14H15BrClN3O. The Hall–Kier alpha value is -1.33. The number of halogens is 2. The van der Waals surface area contributed by atoms with Crippen LogP contribution in [0.4, 0.5) is 5.69 Å². The average Bonchev–Trinajstić information content (AvgIpc) is 2.60. The van der Waals surface area contributed by atoms with Crippen LogP contribution in [0, 0.1) is 20.8 Å². The fourth-order valence-electron chi connectivity index (χ4n) is 2.03. The molecule has 0 aliphatic rings. The number of carbonyl (C=O) groups excluding carboxylic acids is 1. The summed E-state index contributed by atoms with van der Waals surface area (Å²) in [5.41, 5.74) is 3.72. The van der Waals surface area contributed by atoms with Crippen molar-refractivity contribution in [2.24, 2.45) is 7.05 Å². The van der Waals surface area contributed by atoms with Gasteiger partial charge < -0.3 is 5.32 Å². The number of hydrogen-bond acceptors (Lipinski definition) is 2. The molecule has 1 heterocycles. The van der Waals surface area contributed by atoms with Crippen molar-refractivity contribution in [1.82, 2.24) is 9.78 Å². The van der Waals surface area contributed by atoms with E-state index >= 15 is 0 Å². The first kappa shape index (κ1) is 15.1. The topological polar surface area (TPSA) is 46.9 Å². The summed E-state index contributed by atoms with van der Waals surface area (Å²) in [7, 11) is 1.82. The summed E-state index contributed by atoms with van der Waals surface area (Å²) in [5.74, 6) is -0.186. The van der Waals surface area contributed by atoms with Gasteiger partial charge in [0.05, 0.1) is 16.9 Å². The van der Waals surface area contributed by atoms with Crippen molar-refractivity contribution in [2.75, 3.05) is 5.32 Å². The zero-order valence-electron chi connectivity index (χ0n) is 11.7. The van der Waals surface area contributed by atoms with Gasteiger partial charge in [-0.2, -0.15) is 5.10 Å². The number of carbonyl (C=O) groups is 1. The Labute approximate surface area is 131 Å². The second-order valence-electron chi connectivity index (χ2n) is 4.70. The molecule has 0 fully saturated rings. The highest BCUT2D eigenvalue weighted by molar-refractivity contribution is 9.10. The normalized spacial score (nSPS) is 10.7. The molecule has 0 aliphatic carbocycles. The predicted molar refractivity (Wildman–Crippen MR) is 84.5 cm³/mol. The van der Waals surface area contributed by atoms with Crippen LogP contribution in [-0.4, -0.2) is 15.7 Å². The number of rotatable bonds is 2. The van der Waals surface area contributed by atoms with Crippen LogP contribution in [0.1, 0.15) is 27.3 Å². The minimum absolute atomic E-state index is 0.186. The largest absolute Gasteiger partial charge is 0.321 e. The Morgan fingerprint density at radius 2 is 2.00 bits per heavy atom. The lowest BCUT2D eigenvalue weighted by Crippen LogP contribution is -2.14. The minimum Gasteiger partial charge on any atom is -0.321 e. The number of amides is 1. The van der Waals surface area contributed by atoms with Crippen molar-refractivity contribution >= 4 is 39.1 Å². The molecule has 1 N–H and O–H groups in total. The molecule has 0 unspecified atom stereocenters. The van der Waals surface area contributed by atoms with Crippen molar-refractivity contribution < 1.29 is 4.79 Å². The molecule has 4 nitrogen and oxygen atoms in total. The standard InChI is InChI=1S/C14H15BrClN3O/c1-7-5-10(15)12(6-11(7)16)17-14(20)13-8(2)18-19(4)9(13)3/h5-6H,1-4H3,(H,17,20). The molecule has 0 saturated carbocycles. The van der Waals surface area contributed by atoms with E-state index in [9.17, 15) is 4.79 Å². The van der Waals surface area contributed by atoms with Gasteiger partial charge in [0.2, 0.25) is 0 Å². The molecule has 2 rings (SSSR count). The lowest BCUT2D eigenvalue weighted by molar-refractivity contribution is 0.102. The zero-order chi connectivity index (χ0) is 15.0. The first-order chi connectivity index (χ1) is 9.31. The number of nitrogens with zero attached hydrogens (tertiary/aromatic N) is 2. The number of anilines is 1. The number of aryl methyl sites for hydroxylation is 3. The molecule has 0 bridgehead atoms. The molecule has 1 aromatic carbocycles. The number of nitrogens with one attached hydrogen (secondary N) is 1. The molecule has 1 amide bonds. The molecule has 20 heavy (non-hydrogen) atoms. The molecule has 6 heteroatoms. The van der Waals surface area contributed by atoms with Crippen molar-refractivity contribution in [3.8, 4) is 0 Å². The maximum Gasteiger partial charge on any atom is 0.259 e. The molecule has 106 valence electrons. The van der Waals surface area contributed by atoms with Crippen LogP contribution in [0.2, 0.25) is 5.02 Å². The summed E-state index contributed by atoms with van der Waals surface area (Å²) in [5, 5.41) is 7.73. The van der Waals surface area contributed by atoms with Crippen LogP contribution in [-0.2, 0) is 7.05 Å².